The number of carbonyl (C=O) groups excluding carboxylic acids is 1. The summed E-state index contributed by atoms with van der Waals surface area (Å²) in [6.07, 6.45) is 0. The van der Waals surface area contributed by atoms with E-state index in [4.69, 9.17) is 9.47 Å². The van der Waals surface area contributed by atoms with Gasteiger partial charge in [-0.05, 0) is 23.3 Å². The van der Waals surface area contributed by atoms with Gasteiger partial charge in [-0.2, -0.15) is 0 Å². The van der Waals surface area contributed by atoms with Crippen LogP contribution in [0.5, 0.6) is 11.5 Å². The number of carbonyl (C=O) groups is 1. The van der Waals surface area contributed by atoms with Crippen molar-refractivity contribution in [2.24, 2.45) is 14.1 Å². The summed E-state index contributed by atoms with van der Waals surface area (Å²) in [6, 6.07) is 13.7. The number of ether oxygens (including phenoxy) is 2. The van der Waals surface area contributed by atoms with Gasteiger partial charge in [-0.1, -0.05) is 36.4 Å². The van der Waals surface area contributed by atoms with E-state index < -0.39 is 23.3 Å². The number of methoxy groups -OCH3 is 1. The fraction of sp³-hybridized carbons (Fsp3) is 0.227. The molecule has 0 spiro atoms. The Bertz CT molecular complexity index is 1260. The van der Waals surface area contributed by atoms with Gasteiger partial charge in [0.2, 0.25) is 0 Å². The van der Waals surface area contributed by atoms with Gasteiger partial charge in [0.25, 0.3) is 5.56 Å². The van der Waals surface area contributed by atoms with Crippen molar-refractivity contribution in [1.82, 2.24) is 14.5 Å². The fourth-order valence-electron chi connectivity index (χ4n) is 3.60. The summed E-state index contributed by atoms with van der Waals surface area (Å²) in [4.78, 5) is 37.4. The average molecular weight is 422 g/mol. The molecule has 4 rings (SSSR count). The van der Waals surface area contributed by atoms with Gasteiger partial charge in [-0.15, -0.1) is 0 Å². The fourth-order valence-corrected chi connectivity index (χ4v) is 3.60. The first-order valence-electron chi connectivity index (χ1n) is 9.62. The Labute approximate surface area is 177 Å². The largest absolute Gasteiger partial charge is 0.493 e. The van der Waals surface area contributed by atoms with E-state index in [0.29, 0.717) is 23.7 Å². The molecular weight excluding hydrogens is 400 g/mol. The number of hydrogen-bond donors (Lipinski definition) is 2. The Kier molecular flexibility index (Phi) is 5.24. The molecule has 0 saturated heterocycles. The molecule has 2 aromatic carbocycles. The predicted molar refractivity (Wildman–Crippen MR) is 115 cm³/mol. The maximum Gasteiger partial charge on any atom is 0.332 e. The van der Waals surface area contributed by atoms with E-state index >= 15 is 0 Å². The van der Waals surface area contributed by atoms with Gasteiger partial charge >= 0.3 is 11.7 Å². The van der Waals surface area contributed by atoms with Crippen LogP contribution in [0.15, 0.2) is 58.1 Å². The first-order chi connectivity index (χ1) is 14.9. The van der Waals surface area contributed by atoms with Crippen molar-refractivity contribution in [2.45, 2.75) is 12.6 Å². The molecule has 9 nitrogen and oxygen atoms in total. The third kappa shape index (κ3) is 3.65. The quantitative estimate of drug-likeness (QED) is 0.654. The highest BCUT2D eigenvalue weighted by molar-refractivity contribution is 5.92. The molecule has 2 amide bonds. The van der Waals surface area contributed by atoms with Crippen LogP contribution in [0, 0.1) is 0 Å². The molecule has 1 aliphatic heterocycles. The Morgan fingerprint density at radius 2 is 1.71 bits per heavy atom. The maximum atomic E-state index is 12.9. The van der Waals surface area contributed by atoms with Crippen LogP contribution in [-0.2, 0) is 20.7 Å². The van der Waals surface area contributed by atoms with Crippen LogP contribution in [0.25, 0.3) is 0 Å². The predicted octanol–water partition coefficient (Wildman–Crippen LogP) is 1.90. The van der Waals surface area contributed by atoms with Gasteiger partial charge in [-0.3, -0.25) is 19.2 Å². The third-order valence-electron chi connectivity index (χ3n) is 5.25. The van der Waals surface area contributed by atoms with Crippen molar-refractivity contribution >= 4 is 11.8 Å². The minimum Gasteiger partial charge on any atom is -0.493 e. The molecule has 1 atom stereocenters. The van der Waals surface area contributed by atoms with Crippen molar-refractivity contribution in [3.05, 3.63) is 86.1 Å². The number of hydrogen-bond acceptors (Lipinski definition) is 5. The molecule has 2 heterocycles. The minimum absolute atomic E-state index is 0.172. The molecule has 0 fully saturated rings. The Morgan fingerprint density at radius 1 is 0.968 bits per heavy atom. The molecule has 160 valence electrons. The highest BCUT2D eigenvalue weighted by Crippen LogP contribution is 2.35. The van der Waals surface area contributed by atoms with Crippen LogP contribution in [0.1, 0.15) is 22.7 Å². The van der Waals surface area contributed by atoms with Crippen molar-refractivity contribution in [2.75, 3.05) is 12.4 Å². The zero-order valence-corrected chi connectivity index (χ0v) is 17.3. The van der Waals surface area contributed by atoms with Gasteiger partial charge in [0.15, 0.2) is 11.5 Å². The standard InChI is InChI=1S/C22H22N4O5/c1-25-19-17(20(27)26(2)22(25)29)18(23-21(28)24-19)14-9-10-15(16(11-14)30-3)31-12-13-7-5-4-6-8-13/h4-11,18H,12H2,1-3H3,(H2,23,24,28)/t18-/m1/s1. The second-order valence-corrected chi connectivity index (χ2v) is 7.18. The first kappa shape index (κ1) is 20.3. The van der Waals surface area contributed by atoms with E-state index in [9.17, 15) is 14.4 Å². The van der Waals surface area contributed by atoms with E-state index in [2.05, 4.69) is 10.6 Å². The lowest BCUT2D eigenvalue weighted by atomic mass is 9.98. The summed E-state index contributed by atoms with van der Waals surface area (Å²) in [5, 5.41) is 5.32. The smallest absolute Gasteiger partial charge is 0.332 e. The molecule has 0 aliphatic carbocycles. The lowest BCUT2D eigenvalue weighted by molar-refractivity contribution is 0.248. The number of benzene rings is 2. The summed E-state index contributed by atoms with van der Waals surface area (Å²) in [5.41, 5.74) is 0.892. The van der Waals surface area contributed by atoms with Crippen molar-refractivity contribution in [3.8, 4) is 11.5 Å². The van der Waals surface area contributed by atoms with Crippen LogP contribution >= 0.6 is 0 Å². The zero-order chi connectivity index (χ0) is 22.1. The van der Waals surface area contributed by atoms with Crippen molar-refractivity contribution < 1.29 is 14.3 Å². The Balaban J connectivity index is 1.73. The summed E-state index contributed by atoms with van der Waals surface area (Å²) < 4.78 is 13.6. The molecule has 0 radical (unpaired) electrons. The highest BCUT2D eigenvalue weighted by Gasteiger charge is 2.32. The lowest BCUT2D eigenvalue weighted by Crippen LogP contribution is -2.49. The number of amides is 2. The Morgan fingerprint density at radius 3 is 2.42 bits per heavy atom. The highest BCUT2D eigenvalue weighted by atomic mass is 16.5. The SMILES string of the molecule is COc1cc([C@H]2NC(=O)Nc3c2c(=O)n(C)c(=O)n3C)ccc1OCc1ccccc1. The second-order valence-electron chi connectivity index (χ2n) is 7.18. The summed E-state index contributed by atoms with van der Waals surface area (Å²) in [5.74, 6) is 1.17. The number of aromatic nitrogens is 2. The Hall–Kier alpha value is -4.01. The molecule has 1 aromatic heterocycles. The topological polar surface area (TPSA) is 104 Å². The summed E-state index contributed by atoms with van der Waals surface area (Å²) in [7, 11) is 4.43. The van der Waals surface area contributed by atoms with E-state index in [-0.39, 0.29) is 11.4 Å². The molecule has 0 unspecified atom stereocenters. The van der Waals surface area contributed by atoms with E-state index in [0.717, 1.165) is 10.1 Å². The molecule has 0 bridgehead atoms. The van der Waals surface area contributed by atoms with E-state index in [1.807, 2.05) is 30.3 Å². The molecule has 1 aliphatic rings. The van der Waals surface area contributed by atoms with Crippen LogP contribution < -0.4 is 31.4 Å². The van der Waals surface area contributed by atoms with Crippen LogP contribution in [0.4, 0.5) is 10.6 Å². The first-order valence-corrected chi connectivity index (χ1v) is 9.62. The maximum absolute atomic E-state index is 12.9. The third-order valence-corrected chi connectivity index (χ3v) is 5.25. The normalized spacial score (nSPS) is 14.9. The number of fused-ring (bicyclic) bond motifs is 1. The van der Waals surface area contributed by atoms with Gasteiger partial charge in [-0.25, -0.2) is 9.59 Å². The molecule has 0 saturated carbocycles. The minimum atomic E-state index is -0.758. The summed E-state index contributed by atoms with van der Waals surface area (Å²) >= 11 is 0. The van der Waals surface area contributed by atoms with Gasteiger partial charge in [0.05, 0.1) is 18.7 Å². The van der Waals surface area contributed by atoms with Gasteiger partial charge < -0.3 is 14.8 Å². The number of anilines is 1. The van der Waals surface area contributed by atoms with Crippen LogP contribution in [-0.4, -0.2) is 22.3 Å². The second kappa shape index (κ2) is 8.02. The van der Waals surface area contributed by atoms with Crippen LogP contribution in [0.2, 0.25) is 0 Å². The summed E-state index contributed by atoms with van der Waals surface area (Å²) in [6.45, 7) is 0.367. The molecular formula is C22H22N4O5. The monoisotopic (exact) mass is 422 g/mol. The average Bonchev–Trinajstić information content (AvgIpc) is 2.80. The molecule has 9 heteroatoms. The van der Waals surface area contributed by atoms with E-state index in [1.54, 1.807) is 18.2 Å². The zero-order valence-electron chi connectivity index (χ0n) is 17.3. The number of nitrogens with zero attached hydrogens (tertiary/aromatic N) is 2. The number of urea groups is 1. The van der Waals surface area contributed by atoms with Gasteiger partial charge in [0, 0.05) is 14.1 Å². The van der Waals surface area contributed by atoms with Crippen molar-refractivity contribution in [1.29, 1.82) is 0 Å². The lowest BCUT2D eigenvalue weighted by Gasteiger charge is -2.28. The van der Waals surface area contributed by atoms with Crippen LogP contribution in [0.3, 0.4) is 0 Å². The van der Waals surface area contributed by atoms with E-state index in [1.165, 1.54) is 25.8 Å². The van der Waals surface area contributed by atoms with Gasteiger partial charge in [0.1, 0.15) is 12.4 Å². The molecule has 3 aromatic rings. The molecule has 2 N–H and O–H groups in total. The molecule has 31 heavy (non-hydrogen) atoms. The van der Waals surface area contributed by atoms with Crippen molar-refractivity contribution in [3.63, 3.8) is 0 Å². The number of rotatable bonds is 5. The number of nitrogens with one attached hydrogen (secondary N) is 2.